The van der Waals surface area contributed by atoms with Gasteiger partial charge in [-0.15, -0.1) is 0 Å². The molecule has 31 heavy (non-hydrogen) atoms. The van der Waals surface area contributed by atoms with Gasteiger partial charge in [-0.05, 0) is 50.6 Å². The molecule has 0 aliphatic carbocycles. The molecule has 2 aromatic carbocycles. The van der Waals surface area contributed by atoms with Gasteiger partial charge >= 0.3 is 0 Å². The largest absolute Gasteiger partial charge is 0.488 e. The number of hydrogen-bond donors (Lipinski definition) is 2. The van der Waals surface area contributed by atoms with Crippen molar-refractivity contribution in [3.8, 4) is 11.4 Å². The first-order valence-corrected chi connectivity index (χ1v) is 10.7. The zero-order chi connectivity index (χ0) is 22.0. The smallest absolute Gasteiger partial charge is 0.261 e. The molecule has 1 amide bonds. The summed E-state index contributed by atoms with van der Waals surface area (Å²) < 4.78 is 7.77. The molecule has 4 rings (SSSR count). The number of anilines is 2. The molecule has 0 spiro atoms. The Kier molecular flexibility index (Phi) is 6.15. The third-order valence-corrected chi connectivity index (χ3v) is 5.78. The monoisotopic (exact) mass is 439 g/mol. The van der Waals surface area contributed by atoms with E-state index in [-0.39, 0.29) is 17.8 Å². The Labute approximate surface area is 186 Å². The number of likely N-dealkylation sites (tertiary alicyclic amines) is 1. The minimum Gasteiger partial charge on any atom is -0.488 e. The van der Waals surface area contributed by atoms with Crippen LogP contribution in [0.1, 0.15) is 28.8 Å². The van der Waals surface area contributed by atoms with Gasteiger partial charge < -0.3 is 20.7 Å². The second-order valence-electron chi connectivity index (χ2n) is 7.86. The molecule has 0 bridgehead atoms. The SMILES string of the molecule is Cc1ccccc1-n1ncc(C(=O)Nc2ccc(Cl)cc2OC2CCN(C)CC2)c1N. The lowest BCUT2D eigenvalue weighted by Crippen LogP contribution is -2.35. The van der Waals surface area contributed by atoms with Gasteiger partial charge in [0.05, 0.1) is 17.6 Å². The van der Waals surface area contributed by atoms with E-state index >= 15 is 0 Å². The zero-order valence-corrected chi connectivity index (χ0v) is 18.4. The molecular weight excluding hydrogens is 414 g/mol. The van der Waals surface area contributed by atoms with Crippen LogP contribution in [0.15, 0.2) is 48.7 Å². The number of piperidine rings is 1. The lowest BCUT2D eigenvalue weighted by atomic mass is 10.1. The first kappa shape index (κ1) is 21.2. The highest BCUT2D eigenvalue weighted by molar-refractivity contribution is 6.30. The summed E-state index contributed by atoms with van der Waals surface area (Å²) in [5, 5.41) is 7.78. The molecular formula is C23H26ClN5O2. The molecule has 1 aliphatic heterocycles. The number of rotatable bonds is 5. The predicted octanol–water partition coefficient (Wildman–Crippen LogP) is 4.14. The average molecular weight is 440 g/mol. The Morgan fingerprint density at radius 2 is 1.97 bits per heavy atom. The number of benzene rings is 2. The summed E-state index contributed by atoms with van der Waals surface area (Å²) in [6.45, 7) is 3.92. The van der Waals surface area contributed by atoms with E-state index in [0.29, 0.717) is 22.0 Å². The van der Waals surface area contributed by atoms with Crippen LogP contribution in [-0.2, 0) is 0 Å². The number of nitrogens with zero attached hydrogens (tertiary/aromatic N) is 3. The van der Waals surface area contributed by atoms with Crippen molar-refractivity contribution in [3.63, 3.8) is 0 Å². The van der Waals surface area contributed by atoms with Crippen LogP contribution < -0.4 is 15.8 Å². The fraction of sp³-hybridized carbons (Fsp3) is 0.304. The molecule has 0 unspecified atom stereocenters. The molecule has 0 atom stereocenters. The van der Waals surface area contributed by atoms with Gasteiger partial charge in [-0.1, -0.05) is 29.8 Å². The topological polar surface area (TPSA) is 85.4 Å². The summed E-state index contributed by atoms with van der Waals surface area (Å²) >= 11 is 6.19. The number of carbonyl (C=O) groups excluding carboxylic acids is 1. The van der Waals surface area contributed by atoms with Crippen molar-refractivity contribution in [2.24, 2.45) is 0 Å². The second-order valence-corrected chi connectivity index (χ2v) is 8.29. The number of para-hydroxylation sites is 1. The normalized spacial score (nSPS) is 15.1. The molecule has 8 heteroatoms. The molecule has 1 fully saturated rings. The van der Waals surface area contributed by atoms with Crippen molar-refractivity contribution < 1.29 is 9.53 Å². The minimum absolute atomic E-state index is 0.0826. The number of amides is 1. The van der Waals surface area contributed by atoms with Crippen molar-refractivity contribution in [1.82, 2.24) is 14.7 Å². The van der Waals surface area contributed by atoms with Crippen molar-refractivity contribution >= 4 is 29.0 Å². The summed E-state index contributed by atoms with van der Waals surface area (Å²) in [7, 11) is 2.10. The third kappa shape index (κ3) is 4.68. The number of nitrogen functional groups attached to an aromatic ring is 1. The number of hydrogen-bond acceptors (Lipinski definition) is 5. The molecule has 1 saturated heterocycles. The van der Waals surface area contributed by atoms with E-state index in [1.54, 1.807) is 22.9 Å². The number of aromatic nitrogens is 2. The van der Waals surface area contributed by atoms with E-state index in [0.717, 1.165) is 37.2 Å². The summed E-state index contributed by atoms with van der Waals surface area (Å²) in [6.07, 6.45) is 3.41. The number of nitrogens with two attached hydrogens (primary N) is 1. The van der Waals surface area contributed by atoms with Crippen molar-refractivity contribution in [1.29, 1.82) is 0 Å². The van der Waals surface area contributed by atoms with Crippen molar-refractivity contribution in [3.05, 3.63) is 64.8 Å². The highest BCUT2D eigenvalue weighted by atomic mass is 35.5. The number of aryl methyl sites for hydroxylation is 1. The van der Waals surface area contributed by atoms with Crippen molar-refractivity contribution in [2.45, 2.75) is 25.9 Å². The van der Waals surface area contributed by atoms with E-state index in [9.17, 15) is 4.79 Å². The number of nitrogens with one attached hydrogen (secondary N) is 1. The van der Waals surface area contributed by atoms with Gasteiger partial charge in [-0.3, -0.25) is 4.79 Å². The summed E-state index contributed by atoms with van der Waals surface area (Å²) in [6, 6.07) is 12.9. The van der Waals surface area contributed by atoms with Crippen LogP contribution in [0.3, 0.4) is 0 Å². The molecule has 1 aliphatic rings. The van der Waals surface area contributed by atoms with Crippen LogP contribution in [0, 0.1) is 6.92 Å². The molecule has 0 saturated carbocycles. The van der Waals surface area contributed by atoms with Gasteiger partial charge in [0.2, 0.25) is 0 Å². The summed E-state index contributed by atoms with van der Waals surface area (Å²) in [4.78, 5) is 15.3. The van der Waals surface area contributed by atoms with E-state index in [1.165, 1.54) is 6.20 Å². The molecule has 2 heterocycles. The minimum atomic E-state index is -0.354. The molecule has 3 aromatic rings. The zero-order valence-electron chi connectivity index (χ0n) is 17.6. The number of carbonyl (C=O) groups is 1. The van der Waals surface area contributed by atoms with E-state index < -0.39 is 0 Å². The number of ether oxygens (including phenoxy) is 1. The van der Waals surface area contributed by atoms with E-state index in [1.807, 2.05) is 31.2 Å². The van der Waals surface area contributed by atoms with Gasteiger partial charge in [-0.2, -0.15) is 5.10 Å². The van der Waals surface area contributed by atoms with Gasteiger partial charge in [0.25, 0.3) is 5.91 Å². The second kappa shape index (κ2) is 8.99. The molecule has 1 aromatic heterocycles. The Bertz CT molecular complexity index is 1090. The summed E-state index contributed by atoms with van der Waals surface area (Å²) in [5.41, 5.74) is 8.95. The predicted molar refractivity (Wildman–Crippen MR) is 123 cm³/mol. The lowest BCUT2D eigenvalue weighted by molar-refractivity contribution is 0.102. The van der Waals surface area contributed by atoms with Crippen LogP contribution in [0.2, 0.25) is 5.02 Å². The van der Waals surface area contributed by atoms with E-state index in [4.69, 9.17) is 22.1 Å². The third-order valence-electron chi connectivity index (χ3n) is 5.55. The Morgan fingerprint density at radius 1 is 1.23 bits per heavy atom. The quantitative estimate of drug-likeness (QED) is 0.624. The maximum Gasteiger partial charge on any atom is 0.261 e. The fourth-order valence-corrected chi connectivity index (χ4v) is 3.86. The van der Waals surface area contributed by atoms with Crippen molar-refractivity contribution in [2.75, 3.05) is 31.2 Å². The standard InChI is InChI=1S/C23H26ClN5O2/c1-15-5-3-4-6-20(15)29-22(25)18(14-26-29)23(30)27-19-8-7-16(24)13-21(19)31-17-9-11-28(2)12-10-17/h3-8,13-14,17H,9-12,25H2,1-2H3,(H,27,30). The lowest BCUT2D eigenvalue weighted by Gasteiger charge is -2.30. The molecule has 7 nitrogen and oxygen atoms in total. The maximum atomic E-state index is 13.0. The summed E-state index contributed by atoms with van der Waals surface area (Å²) in [5.74, 6) is 0.478. The molecule has 0 radical (unpaired) electrons. The molecule has 162 valence electrons. The van der Waals surface area contributed by atoms with Gasteiger partial charge in [-0.25, -0.2) is 4.68 Å². The fourth-order valence-electron chi connectivity index (χ4n) is 3.69. The highest BCUT2D eigenvalue weighted by Crippen LogP contribution is 2.31. The van der Waals surface area contributed by atoms with Crippen LogP contribution in [0.5, 0.6) is 5.75 Å². The van der Waals surface area contributed by atoms with Crippen LogP contribution in [0.25, 0.3) is 5.69 Å². The maximum absolute atomic E-state index is 13.0. The molecule has 3 N–H and O–H groups in total. The Balaban J connectivity index is 1.55. The average Bonchev–Trinajstić information content (AvgIpc) is 3.13. The Hall–Kier alpha value is -3.03. The van der Waals surface area contributed by atoms with Gasteiger partial charge in [0.15, 0.2) is 0 Å². The van der Waals surface area contributed by atoms with Crippen LogP contribution in [0.4, 0.5) is 11.5 Å². The first-order chi connectivity index (χ1) is 14.9. The van der Waals surface area contributed by atoms with Gasteiger partial charge in [0, 0.05) is 24.2 Å². The highest BCUT2D eigenvalue weighted by Gasteiger charge is 2.22. The van der Waals surface area contributed by atoms with Crippen LogP contribution >= 0.6 is 11.6 Å². The van der Waals surface area contributed by atoms with E-state index in [2.05, 4.69) is 22.4 Å². The first-order valence-electron chi connectivity index (χ1n) is 10.3. The Morgan fingerprint density at radius 3 is 2.71 bits per heavy atom. The van der Waals surface area contributed by atoms with Gasteiger partial charge in [0.1, 0.15) is 23.2 Å². The number of halogens is 1. The van der Waals surface area contributed by atoms with Crippen LogP contribution in [-0.4, -0.2) is 46.8 Å².